The molecule has 2 aromatic rings. The summed E-state index contributed by atoms with van der Waals surface area (Å²) in [4.78, 5) is 8.19. The molecule has 1 aromatic heterocycles. The Morgan fingerprint density at radius 3 is 2.47 bits per heavy atom. The predicted molar refractivity (Wildman–Crippen MR) is 67.2 cm³/mol. The summed E-state index contributed by atoms with van der Waals surface area (Å²) in [5, 5.41) is 3.17. The number of rotatable bonds is 5. The highest BCUT2D eigenvalue weighted by atomic mass is 16.5. The van der Waals surface area contributed by atoms with E-state index in [1.54, 1.807) is 25.6 Å². The van der Waals surface area contributed by atoms with Crippen LogP contribution in [0.4, 0.5) is 5.95 Å². The molecule has 0 radical (unpaired) electrons. The lowest BCUT2D eigenvalue weighted by Crippen LogP contribution is -2.07. The first-order valence-corrected chi connectivity index (χ1v) is 5.52. The Hall–Kier alpha value is -2.10. The number of hydrogen-bond donors (Lipinski definition) is 1. The van der Waals surface area contributed by atoms with E-state index in [1.165, 1.54) is 5.56 Å². The number of nitrogens with zero attached hydrogens (tertiary/aromatic N) is 2. The molecule has 0 atom stereocenters. The third kappa shape index (κ3) is 3.45. The van der Waals surface area contributed by atoms with Gasteiger partial charge in [-0.25, -0.2) is 9.97 Å². The van der Waals surface area contributed by atoms with Gasteiger partial charge in [-0.2, -0.15) is 0 Å². The van der Waals surface area contributed by atoms with Gasteiger partial charge >= 0.3 is 0 Å². The number of nitrogens with one attached hydrogen (secondary N) is 1. The van der Waals surface area contributed by atoms with Crippen molar-refractivity contribution in [2.45, 2.75) is 6.42 Å². The summed E-state index contributed by atoms with van der Waals surface area (Å²) in [5.74, 6) is 1.55. The van der Waals surface area contributed by atoms with Gasteiger partial charge in [-0.15, -0.1) is 0 Å². The number of benzene rings is 1. The predicted octanol–water partition coefficient (Wildman–Crippen LogP) is 2.14. The molecule has 0 fully saturated rings. The molecule has 88 valence electrons. The lowest BCUT2D eigenvalue weighted by Gasteiger charge is -2.05. The Morgan fingerprint density at radius 1 is 1.12 bits per heavy atom. The maximum Gasteiger partial charge on any atom is 0.222 e. The second-order valence-electron chi connectivity index (χ2n) is 3.60. The molecule has 0 saturated carbocycles. The highest BCUT2D eigenvalue weighted by molar-refractivity contribution is 5.28. The van der Waals surface area contributed by atoms with E-state index < -0.39 is 0 Å². The molecule has 1 N–H and O–H groups in total. The third-order valence-electron chi connectivity index (χ3n) is 2.42. The number of aromatic nitrogens is 2. The highest BCUT2D eigenvalue weighted by Crippen LogP contribution is 2.11. The minimum atomic E-state index is 0.668. The fourth-order valence-corrected chi connectivity index (χ4v) is 1.50. The topological polar surface area (TPSA) is 47.0 Å². The van der Waals surface area contributed by atoms with Crippen LogP contribution in [0.5, 0.6) is 5.75 Å². The lowest BCUT2D eigenvalue weighted by atomic mass is 10.1. The number of anilines is 1. The molecule has 1 aromatic carbocycles. The summed E-state index contributed by atoms with van der Waals surface area (Å²) in [7, 11) is 1.67. The normalized spacial score (nSPS) is 9.94. The van der Waals surface area contributed by atoms with Gasteiger partial charge in [-0.3, -0.25) is 0 Å². The zero-order chi connectivity index (χ0) is 11.9. The molecule has 0 aliphatic rings. The maximum absolute atomic E-state index is 5.11. The van der Waals surface area contributed by atoms with Crippen LogP contribution < -0.4 is 10.1 Å². The third-order valence-corrected chi connectivity index (χ3v) is 2.42. The summed E-state index contributed by atoms with van der Waals surface area (Å²) >= 11 is 0. The molecule has 0 aliphatic carbocycles. The molecule has 17 heavy (non-hydrogen) atoms. The van der Waals surface area contributed by atoms with Crippen LogP contribution in [-0.2, 0) is 6.42 Å². The van der Waals surface area contributed by atoms with E-state index in [4.69, 9.17) is 4.74 Å². The number of hydrogen-bond acceptors (Lipinski definition) is 4. The molecule has 0 spiro atoms. The molecule has 0 unspecified atom stereocenters. The molecule has 1 heterocycles. The SMILES string of the molecule is COc1ccc(CCNc2ncccn2)cc1. The van der Waals surface area contributed by atoms with Crippen molar-refractivity contribution >= 4 is 5.95 Å². The Bertz CT molecular complexity index is 442. The van der Waals surface area contributed by atoms with Crippen molar-refractivity contribution in [2.75, 3.05) is 19.0 Å². The fourth-order valence-electron chi connectivity index (χ4n) is 1.50. The van der Waals surface area contributed by atoms with Crippen LogP contribution in [0.3, 0.4) is 0 Å². The van der Waals surface area contributed by atoms with Crippen LogP contribution in [0.1, 0.15) is 5.56 Å². The molecule has 4 nitrogen and oxygen atoms in total. The van der Waals surface area contributed by atoms with Crippen molar-refractivity contribution < 1.29 is 4.74 Å². The van der Waals surface area contributed by atoms with Gasteiger partial charge in [0.1, 0.15) is 5.75 Å². The first-order chi connectivity index (χ1) is 8.38. The maximum atomic E-state index is 5.11. The van der Waals surface area contributed by atoms with Gasteiger partial charge < -0.3 is 10.1 Å². The molecule has 0 bridgehead atoms. The smallest absolute Gasteiger partial charge is 0.222 e. The molecular formula is C13H15N3O. The molecule has 0 saturated heterocycles. The van der Waals surface area contributed by atoms with E-state index >= 15 is 0 Å². The van der Waals surface area contributed by atoms with E-state index in [9.17, 15) is 0 Å². The van der Waals surface area contributed by atoms with Crippen LogP contribution >= 0.6 is 0 Å². The largest absolute Gasteiger partial charge is 0.497 e. The van der Waals surface area contributed by atoms with Gasteiger partial charge in [0.25, 0.3) is 0 Å². The summed E-state index contributed by atoms with van der Waals surface area (Å²) in [6, 6.07) is 9.86. The minimum absolute atomic E-state index is 0.668. The van der Waals surface area contributed by atoms with Crippen molar-refractivity contribution in [3.63, 3.8) is 0 Å². The van der Waals surface area contributed by atoms with E-state index in [0.717, 1.165) is 18.7 Å². The Labute approximate surface area is 101 Å². The first kappa shape index (κ1) is 11.4. The number of methoxy groups -OCH3 is 1. The Morgan fingerprint density at radius 2 is 1.82 bits per heavy atom. The second kappa shape index (κ2) is 5.84. The molecule has 4 heteroatoms. The van der Waals surface area contributed by atoms with Gasteiger partial charge in [0, 0.05) is 18.9 Å². The van der Waals surface area contributed by atoms with Crippen molar-refractivity contribution in [1.82, 2.24) is 9.97 Å². The van der Waals surface area contributed by atoms with Gasteiger partial charge in [0.15, 0.2) is 0 Å². The second-order valence-corrected chi connectivity index (χ2v) is 3.60. The van der Waals surface area contributed by atoms with Crippen molar-refractivity contribution in [3.8, 4) is 5.75 Å². The molecule has 0 amide bonds. The summed E-state index contributed by atoms with van der Waals surface area (Å²) in [5.41, 5.74) is 1.26. The monoisotopic (exact) mass is 229 g/mol. The zero-order valence-electron chi connectivity index (χ0n) is 9.76. The molecule has 0 aliphatic heterocycles. The van der Waals surface area contributed by atoms with Gasteiger partial charge in [0.05, 0.1) is 7.11 Å². The zero-order valence-corrected chi connectivity index (χ0v) is 9.76. The average molecular weight is 229 g/mol. The van der Waals surface area contributed by atoms with Crippen LogP contribution in [0.15, 0.2) is 42.7 Å². The average Bonchev–Trinajstić information content (AvgIpc) is 2.41. The Kier molecular flexibility index (Phi) is 3.91. The quantitative estimate of drug-likeness (QED) is 0.853. The fraction of sp³-hybridized carbons (Fsp3) is 0.231. The van der Waals surface area contributed by atoms with Gasteiger partial charge in [0.2, 0.25) is 5.95 Å². The van der Waals surface area contributed by atoms with E-state index in [0.29, 0.717) is 5.95 Å². The first-order valence-electron chi connectivity index (χ1n) is 5.52. The molecule has 2 rings (SSSR count). The number of ether oxygens (including phenoxy) is 1. The van der Waals surface area contributed by atoms with E-state index in [1.807, 2.05) is 12.1 Å². The van der Waals surface area contributed by atoms with E-state index in [2.05, 4.69) is 27.4 Å². The van der Waals surface area contributed by atoms with Gasteiger partial charge in [-0.05, 0) is 30.2 Å². The van der Waals surface area contributed by atoms with Crippen molar-refractivity contribution in [3.05, 3.63) is 48.3 Å². The highest BCUT2D eigenvalue weighted by Gasteiger charge is 1.96. The summed E-state index contributed by atoms with van der Waals surface area (Å²) in [6.45, 7) is 0.816. The van der Waals surface area contributed by atoms with Crippen LogP contribution in [0.25, 0.3) is 0 Å². The minimum Gasteiger partial charge on any atom is -0.497 e. The molecular weight excluding hydrogens is 214 g/mol. The lowest BCUT2D eigenvalue weighted by molar-refractivity contribution is 0.414. The van der Waals surface area contributed by atoms with E-state index in [-0.39, 0.29) is 0 Å². The van der Waals surface area contributed by atoms with Crippen molar-refractivity contribution in [2.24, 2.45) is 0 Å². The van der Waals surface area contributed by atoms with Gasteiger partial charge in [-0.1, -0.05) is 12.1 Å². The van der Waals surface area contributed by atoms with Crippen LogP contribution in [-0.4, -0.2) is 23.6 Å². The van der Waals surface area contributed by atoms with Crippen LogP contribution in [0, 0.1) is 0 Å². The summed E-state index contributed by atoms with van der Waals surface area (Å²) in [6.07, 6.45) is 4.38. The standard InChI is InChI=1S/C13H15N3O/c1-17-12-5-3-11(4-6-12)7-10-16-13-14-8-2-9-15-13/h2-6,8-9H,7,10H2,1H3,(H,14,15,16). The van der Waals surface area contributed by atoms with Crippen molar-refractivity contribution in [1.29, 1.82) is 0 Å². The van der Waals surface area contributed by atoms with Crippen LogP contribution in [0.2, 0.25) is 0 Å². The Balaban J connectivity index is 1.82. The summed E-state index contributed by atoms with van der Waals surface area (Å²) < 4.78 is 5.11.